The van der Waals surface area contributed by atoms with Gasteiger partial charge in [0.05, 0.1) is 6.61 Å². The van der Waals surface area contributed by atoms with E-state index < -0.39 is 0 Å². The first kappa shape index (κ1) is 16.2. The summed E-state index contributed by atoms with van der Waals surface area (Å²) in [7, 11) is 0. The fraction of sp³-hybridized carbons (Fsp3) is 0.600. The van der Waals surface area contributed by atoms with Gasteiger partial charge in [0, 0.05) is 3.57 Å². The molecule has 1 rings (SSSR count). The van der Waals surface area contributed by atoms with Crippen LogP contribution >= 0.6 is 34.4 Å². The zero-order valence-corrected chi connectivity index (χ0v) is 14.3. The molecule has 1 aromatic carbocycles. The van der Waals surface area contributed by atoms with E-state index in [-0.39, 0.29) is 0 Å². The summed E-state index contributed by atoms with van der Waals surface area (Å²) in [6.07, 6.45) is 5.11. The van der Waals surface area contributed by atoms with Crippen LogP contribution in [0, 0.1) is 3.57 Å². The molecule has 0 aliphatic heterocycles. The average molecular weight is 378 g/mol. The average Bonchev–Trinajstić information content (AvgIpc) is 2.34. The van der Waals surface area contributed by atoms with Gasteiger partial charge in [0.1, 0.15) is 5.75 Å². The Labute approximate surface area is 129 Å². The number of thioether (sulfide) groups is 1. The van der Waals surface area contributed by atoms with Crippen molar-refractivity contribution in [2.45, 2.75) is 44.8 Å². The maximum absolute atomic E-state index is 5.70. The molecule has 0 bridgehead atoms. The lowest BCUT2D eigenvalue weighted by atomic mass is 10.2. The molecule has 0 aliphatic carbocycles. The van der Waals surface area contributed by atoms with Gasteiger partial charge >= 0.3 is 0 Å². The van der Waals surface area contributed by atoms with E-state index in [4.69, 9.17) is 4.74 Å². The third-order valence-corrected chi connectivity index (χ3v) is 4.48. The monoisotopic (exact) mass is 378 g/mol. The first-order chi connectivity index (χ1) is 8.68. The quantitative estimate of drug-likeness (QED) is 0.422. The minimum Gasteiger partial charge on any atom is -0.494 e. The van der Waals surface area contributed by atoms with E-state index in [0.717, 1.165) is 17.6 Å². The third kappa shape index (κ3) is 8.25. The van der Waals surface area contributed by atoms with Crippen LogP contribution in [0.1, 0.15) is 39.5 Å². The molecular weight excluding hydrogens is 355 g/mol. The van der Waals surface area contributed by atoms with Gasteiger partial charge in [0.15, 0.2) is 0 Å². The maximum Gasteiger partial charge on any atom is 0.119 e. The van der Waals surface area contributed by atoms with Crippen molar-refractivity contribution < 1.29 is 4.74 Å². The highest BCUT2D eigenvalue weighted by Crippen LogP contribution is 2.15. The van der Waals surface area contributed by atoms with Gasteiger partial charge in [0.25, 0.3) is 0 Å². The van der Waals surface area contributed by atoms with Gasteiger partial charge < -0.3 is 4.74 Å². The molecular formula is C15H23IOS. The first-order valence-corrected chi connectivity index (χ1v) is 8.81. The molecule has 18 heavy (non-hydrogen) atoms. The van der Waals surface area contributed by atoms with Crippen molar-refractivity contribution in [1.29, 1.82) is 0 Å². The van der Waals surface area contributed by atoms with Gasteiger partial charge in [0.2, 0.25) is 0 Å². The Morgan fingerprint density at radius 1 is 1.06 bits per heavy atom. The third-order valence-electron chi connectivity index (χ3n) is 2.57. The van der Waals surface area contributed by atoms with Crippen LogP contribution in [0.25, 0.3) is 0 Å². The topological polar surface area (TPSA) is 9.23 Å². The van der Waals surface area contributed by atoms with Crippen LogP contribution in [0.5, 0.6) is 5.75 Å². The minimum absolute atomic E-state index is 0.772. The van der Waals surface area contributed by atoms with Crippen LogP contribution in [-0.4, -0.2) is 17.6 Å². The summed E-state index contributed by atoms with van der Waals surface area (Å²) in [6.45, 7) is 5.37. The Hall–Kier alpha value is 0.1000. The second-order valence-corrected chi connectivity index (χ2v) is 7.57. The van der Waals surface area contributed by atoms with Crippen LogP contribution in [0.4, 0.5) is 0 Å². The smallest absolute Gasteiger partial charge is 0.119 e. The number of hydrogen-bond donors (Lipinski definition) is 0. The lowest BCUT2D eigenvalue weighted by Gasteiger charge is -2.06. The number of halogens is 1. The van der Waals surface area contributed by atoms with E-state index in [2.05, 4.69) is 60.3 Å². The highest BCUT2D eigenvalue weighted by molar-refractivity contribution is 14.1. The summed E-state index contributed by atoms with van der Waals surface area (Å²) in [4.78, 5) is 0. The first-order valence-electron chi connectivity index (χ1n) is 6.68. The van der Waals surface area contributed by atoms with Crippen molar-refractivity contribution in [3.05, 3.63) is 27.8 Å². The fourth-order valence-corrected chi connectivity index (χ4v) is 2.80. The molecule has 0 unspecified atom stereocenters. The van der Waals surface area contributed by atoms with Crippen LogP contribution in [0.2, 0.25) is 0 Å². The summed E-state index contributed by atoms with van der Waals surface area (Å²) in [6, 6.07) is 8.25. The van der Waals surface area contributed by atoms with Gasteiger partial charge in [-0.05, 0) is 70.7 Å². The van der Waals surface area contributed by atoms with Crippen LogP contribution in [-0.2, 0) is 0 Å². The van der Waals surface area contributed by atoms with Crippen LogP contribution in [0.15, 0.2) is 24.3 Å². The molecule has 0 amide bonds. The fourth-order valence-electron chi connectivity index (χ4n) is 1.60. The zero-order valence-electron chi connectivity index (χ0n) is 11.3. The van der Waals surface area contributed by atoms with Crippen molar-refractivity contribution in [1.82, 2.24) is 0 Å². The summed E-state index contributed by atoms with van der Waals surface area (Å²) < 4.78 is 6.95. The molecule has 0 atom stereocenters. The number of rotatable bonds is 9. The van der Waals surface area contributed by atoms with Gasteiger partial charge in [-0.25, -0.2) is 0 Å². The largest absolute Gasteiger partial charge is 0.494 e. The zero-order chi connectivity index (χ0) is 13.2. The van der Waals surface area contributed by atoms with Gasteiger partial charge in [-0.15, -0.1) is 0 Å². The molecule has 0 heterocycles. The summed E-state index contributed by atoms with van der Waals surface area (Å²) in [5.74, 6) is 2.29. The molecule has 1 aromatic rings. The Morgan fingerprint density at radius 2 is 1.72 bits per heavy atom. The molecule has 0 radical (unpaired) electrons. The van der Waals surface area contributed by atoms with Gasteiger partial charge in [-0.2, -0.15) is 11.8 Å². The van der Waals surface area contributed by atoms with Crippen LogP contribution < -0.4 is 4.74 Å². The van der Waals surface area contributed by atoms with Gasteiger partial charge in [-0.1, -0.05) is 26.7 Å². The molecule has 0 aliphatic rings. The number of ether oxygens (including phenoxy) is 1. The summed E-state index contributed by atoms with van der Waals surface area (Å²) >= 11 is 4.37. The normalized spacial score (nSPS) is 10.9. The summed E-state index contributed by atoms with van der Waals surface area (Å²) in [5, 5.41) is 0.772. The van der Waals surface area contributed by atoms with Crippen molar-refractivity contribution >= 4 is 34.4 Å². The molecule has 3 heteroatoms. The van der Waals surface area contributed by atoms with E-state index >= 15 is 0 Å². The lowest BCUT2D eigenvalue weighted by Crippen LogP contribution is -1.97. The lowest BCUT2D eigenvalue weighted by molar-refractivity contribution is 0.305. The van der Waals surface area contributed by atoms with Gasteiger partial charge in [-0.3, -0.25) is 0 Å². The number of benzene rings is 1. The molecule has 0 spiro atoms. The van der Waals surface area contributed by atoms with Crippen LogP contribution in [0.3, 0.4) is 0 Å². The Kier molecular flexibility index (Phi) is 8.94. The predicted octanol–water partition coefficient (Wildman–Crippen LogP) is 5.37. The Balaban J connectivity index is 1.94. The van der Waals surface area contributed by atoms with Crippen molar-refractivity contribution in [2.75, 3.05) is 12.4 Å². The Morgan fingerprint density at radius 3 is 2.39 bits per heavy atom. The molecule has 1 nitrogen and oxygen atoms in total. The van der Waals surface area contributed by atoms with E-state index in [1.807, 2.05) is 12.1 Å². The highest BCUT2D eigenvalue weighted by atomic mass is 127. The molecule has 102 valence electrons. The second-order valence-electron chi connectivity index (χ2n) is 4.64. The summed E-state index contributed by atoms with van der Waals surface area (Å²) in [5.41, 5.74) is 0. The predicted molar refractivity (Wildman–Crippen MR) is 90.7 cm³/mol. The van der Waals surface area contributed by atoms with Crippen molar-refractivity contribution in [2.24, 2.45) is 0 Å². The molecule has 0 saturated carbocycles. The van der Waals surface area contributed by atoms with E-state index in [1.165, 1.54) is 35.0 Å². The van der Waals surface area contributed by atoms with E-state index in [1.54, 1.807) is 0 Å². The minimum atomic E-state index is 0.772. The molecule has 0 aromatic heterocycles. The molecule has 0 N–H and O–H groups in total. The SMILES string of the molecule is CC(C)SCCCCCCOc1ccc(I)cc1. The molecule has 0 saturated heterocycles. The van der Waals surface area contributed by atoms with E-state index in [0.29, 0.717) is 0 Å². The number of hydrogen-bond acceptors (Lipinski definition) is 2. The number of unbranched alkanes of at least 4 members (excludes halogenated alkanes) is 3. The standard InChI is InChI=1S/C15H23IOS/c1-13(2)18-12-6-4-3-5-11-17-15-9-7-14(16)8-10-15/h7-10,13H,3-6,11-12H2,1-2H3. The second kappa shape index (κ2) is 9.96. The van der Waals surface area contributed by atoms with Crippen molar-refractivity contribution in [3.8, 4) is 5.75 Å². The van der Waals surface area contributed by atoms with Crippen molar-refractivity contribution in [3.63, 3.8) is 0 Å². The maximum atomic E-state index is 5.70. The van der Waals surface area contributed by atoms with E-state index in [9.17, 15) is 0 Å². The molecule has 0 fully saturated rings. The Bertz CT molecular complexity index is 311. The highest BCUT2D eigenvalue weighted by Gasteiger charge is 1.96.